The maximum Gasteiger partial charge on any atom is 0.102 e. The quantitative estimate of drug-likeness (QED) is 0.718. The first-order valence-electron chi connectivity index (χ1n) is 5.23. The number of halogens is 1. The summed E-state index contributed by atoms with van der Waals surface area (Å²) in [6, 6.07) is 1.10. The third kappa shape index (κ3) is 2.92. The summed E-state index contributed by atoms with van der Waals surface area (Å²) in [4.78, 5) is 2.15. The highest BCUT2D eigenvalue weighted by atomic mass is 19.1. The van der Waals surface area contributed by atoms with Crippen molar-refractivity contribution in [2.24, 2.45) is 0 Å². The average Bonchev–Trinajstić information content (AvgIpc) is 2.18. The van der Waals surface area contributed by atoms with Gasteiger partial charge in [0.25, 0.3) is 0 Å². The lowest BCUT2D eigenvalue weighted by Gasteiger charge is -2.37. The summed E-state index contributed by atoms with van der Waals surface area (Å²) in [5, 5.41) is 3.33. The van der Waals surface area contributed by atoms with E-state index >= 15 is 0 Å². The minimum atomic E-state index is -0.233. The van der Waals surface area contributed by atoms with Crippen molar-refractivity contribution in [3.63, 3.8) is 0 Å². The van der Waals surface area contributed by atoms with Crippen molar-refractivity contribution < 1.29 is 4.39 Å². The molecule has 0 radical (unpaired) electrons. The first kappa shape index (κ1) is 10.9. The molecule has 78 valence electrons. The standard InChI is InChI=1S/C10H21FN2/c1-12-9-5-3-4-6-10(9)13(2)8-7-11/h9-10,12H,3-8H2,1-2H3/t9-,10-/m0/s1. The summed E-state index contributed by atoms with van der Waals surface area (Å²) in [5.74, 6) is 0. The maximum absolute atomic E-state index is 12.2. The van der Waals surface area contributed by atoms with E-state index in [1.165, 1.54) is 25.7 Å². The van der Waals surface area contributed by atoms with Crippen molar-refractivity contribution in [3.8, 4) is 0 Å². The minimum Gasteiger partial charge on any atom is -0.315 e. The third-order valence-electron chi connectivity index (χ3n) is 3.10. The highest BCUT2D eigenvalue weighted by Crippen LogP contribution is 2.21. The zero-order valence-electron chi connectivity index (χ0n) is 8.72. The summed E-state index contributed by atoms with van der Waals surface area (Å²) in [7, 11) is 4.03. The molecule has 1 rings (SSSR count). The molecule has 0 aromatic rings. The second-order valence-electron chi connectivity index (χ2n) is 3.92. The van der Waals surface area contributed by atoms with E-state index in [0.717, 1.165) is 0 Å². The van der Waals surface area contributed by atoms with Gasteiger partial charge in [-0.05, 0) is 26.9 Å². The van der Waals surface area contributed by atoms with Crippen LogP contribution >= 0.6 is 0 Å². The number of likely N-dealkylation sites (N-methyl/N-ethyl adjacent to an activating group) is 2. The van der Waals surface area contributed by atoms with Crippen LogP contribution in [0.3, 0.4) is 0 Å². The summed E-state index contributed by atoms with van der Waals surface area (Å²) in [6.07, 6.45) is 5.05. The Morgan fingerprint density at radius 3 is 2.69 bits per heavy atom. The molecule has 1 saturated carbocycles. The number of hydrogen-bond donors (Lipinski definition) is 1. The van der Waals surface area contributed by atoms with E-state index in [1.54, 1.807) is 0 Å². The van der Waals surface area contributed by atoms with E-state index in [1.807, 2.05) is 14.1 Å². The largest absolute Gasteiger partial charge is 0.315 e. The highest BCUT2D eigenvalue weighted by Gasteiger charge is 2.26. The SMILES string of the molecule is CN[C@H]1CCCC[C@@H]1N(C)CCF. The van der Waals surface area contributed by atoms with Gasteiger partial charge in [-0.3, -0.25) is 4.90 Å². The number of hydrogen-bond acceptors (Lipinski definition) is 2. The van der Waals surface area contributed by atoms with E-state index < -0.39 is 0 Å². The van der Waals surface area contributed by atoms with Crippen LogP contribution in [0.15, 0.2) is 0 Å². The van der Waals surface area contributed by atoms with Gasteiger partial charge in [-0.15, -0.1) is 0 Å². The van der Waals surface area contributed by atoms with Gasteiger partial charge in [0.05, 0.1) is 0 Å². The van der Waals surface area contributed by atoms with Gasteiger partial charge in [0.2, 0.25) is 0 Å². The van der Waals surface area contributed by atoms with Crippen LogP contribution in [0.4, 0.5) is 4.39 Å². The fourth-order valence-corrected chi connectivity index (χ4v) is 2.27. The van der Waals surface area contributed by atoms with Crippen molar-refractivity contribution in [3.05, 3.63) is 0 Å². The smallest absolute Gasteiger partial charge is 0.102 e. The number of nitrogens with zero attached hydrogens (tertiary/aromatic N) is 1. The lowest BCUT2D eigenvalue weighted by Crippen LogP contribution is -2.49. The summed E-state index contributed by atoms with van der Waals surface area (Å²) >= 11 is 0. The Morgan fingerprint density at radius 2 is 2.08 bits per heavy atom. The van der Waals surface area contributed by atoms with Gasteiger partial charge >= 0.3 is 0 Å². The monoisotopic (exact) mass is 188 g/mol. The molecule has 0 amide bonds. The fourth-order valence-electron chi connectivity index (χ4n) is 2.27. The molecule has 0 bridgehead atoms. The van der Waals surface area contributed by atoms with Crippen molar-refractivity contribution in [1.29, 1.82) is 0 Å². The molecule has 2 atom stereocenters. The molecule has 0 spiro atoms. The van der Waals surface area contributed by atoms with Gasteiger partial charge in [0.1, 0.15) is 6.67 Å². The molecule has 0 aromatic carbocycles. The predicted octanol–water partition coefficient (Wildman–Crippen LogP) is 1.42. The normalized spacial score (nSPS) is 29.5. The van der Waals surface area contributed by atoms with Crippen molar-refractivity contribution in [2.75, 3.05) is 27.3 Å². The molecule has 0 aromatic heterocycles. The number of nitrogens with one attached hydrogen (secondary N) is 1. The van der Waals surface area contributed by atoms with E-state index in [-0.39, 0.29) is 6.67 Å². The predicted molar refractivity (Wildman–Crippen MR) is 53.7 cm³/mol. The van der Waals surface area contributed by atoms with Gasteiger partial charge in [-0.25, -0.2) is 4.39 Å². The molecule has 1 aliphatic carbocycles. The second-order valence-corrected chi connectivity index (χ2v) is 3.92. The number of alkyl halides is 1. The molecule has 1 aliphatic rings. The molecule has 0 saturated heterocycles. The Morgan fingerprint density at radius 1 is 1.38 bits per heavy atom. The first-order chi connectivity index (χ1) is 6.29. The molecule has 13 heavy (non-hydrogen) atoms. The van der Waals surface area contributed by atoms with Crippen LogP contribution < -0.4 is 5.32 Å². The molecule has 1 N–H and O–H groups in total. The second kappa shape index (κ2) is 5.55. The Balaban J connectivity index is 2.43. The Kier molecular flexibility index (Phi) is 4.67. The van der Waals surface area contributed by atoms with Gasteiger partial charge in [-0.1, -0.05) is 12.8 Å². The van der Waals surface area contributed by atoms with Crippen molar-refractivity contribution in [1.82, 2.24) is 10.2 Å². The lowest BCUT2D eigenvalue weighted by molar-refractivity contribution is 0.145. The molecule has 0 aliphatic heterocycles. The Hall–Kier alpha value is -0.150. The zero-order valence-corrected chi connectivity index (χ0v) is 8.72. The van der Waals surface area contributed by atoms with Crippen LogP contribution in [0.1, 0.15) is 25.7 Å². The van der Waals surface area contributed by atoms with Crippen molar-refractivity contribution in [2.45, 2.75) is 37.8 Å². The van der Waals surface area contributed by atoms with Gasteiger partial charge in [0, 0.05) is 18.6 Å². The van der Waals surface area contributed by atoms with E-state index in [2.05, 4.69) is 10.2 Å². The highest BCUT2D eigenvalue weighted by molar-refractivity contribution is 4.85. The summed E-state index contributed by atoms with van der Waals surface area (Å²) in [6.45, 7) is 0.340. The summed E-state index contributed by atoms with van der Waals surface area (Å²) < 4.78 is 12.2. The van der Waals surface area contributed by atoms with Gasteiger partial charge in [-0.2, -0.15) is 0 Å². The molecule has 2 nitrogen and oxygen atoms in total. The number of rotatable bonds is 4. The lowest BCUT2D eigenvalue weighted by atomic mass is 9.89. The maximum atomic E-state index is 12.2. The van der Waals surface area contributed by atoms with Gasteiger partial charge in [0.15, 0.2) is 0 Å². The molecule has 0 heterocycles. The van der Waals surface area contributed by atoms with Crippen LogP contribution in [0.5, 0.6) is 0 Å². The zero-order chi connectivity index (χ0) is 9.68. The molecule has 3 heteroatoms. The van der Waals surface area contributed by atoms with Crippen molar-refractivity contribution >= 4 is 0 Å². The van der Waals surface area contributed by atoms with Crippen LogP contribution in [0.2, 0.25) is 0 Å². The van der Waals surface area contributed by atoms with Crippen LogP contribution in [0.25, 0.3) is 0 Å². The van der Waals surface area contributed by atoms with E-state index in [4.69, 9.17) is 0 Å². The minimum absolute atomic E-state index is 0.233. The Bertz CT molecular complexity index is 141. The van der Waals surface area contributed by atoms with Crippen LogP contribution in [-0.4, -0.2) is 44.3 Å². The molecular formula is C10H21FN2. The fraction of sp³-hybridized carbons (Fsp3) is 1.00. The van der Waals surface area contributed by atoms with Crippen LogP contribution in [0, 0.1) is 0 Å². The van der Waals surface area contributed by atoms with Gasteiger partial charge < -0.3 is 5.32 Å². The molecular weight excluding hydrogens is 167 g/mol. The Labute approximate surface area is 80.5 Å². The van der Waals surface area contributed by atoms with Crippen LogP contribution in [-0.2, 0) is 0 Å². The van der Waals surface area contributed by atoms with E-state index in [9.17, 15) is 4.39 Å². The first-order valence-corrected chi connectivity index (χ1v) is 5.23. The molecule has 1 fully saturated rings. The topological polar surface area (TPSA) is 15.3 Å². The third-order valence-corrected chi connectivity index (χ3v) is 3.10. The average molecular weight is 188 g/mol. The molecule has 0 unspecified atom stereocenters. The van der Waals surface area contributed by atoms with E-state index in [0.29, 0.717) is 18.6 Å². The summed E-state index contributed by atoms with van der Waals surface area (Å²) in [5.41, 5.74) is 0.